The first-order chi connectivity index (χ1) is 14.3. The van der Waals surface area contributed by atoms with Gasteiger partial charge in [0.15, 0.2) is 15.9 Å². The molecule has 4 rings (SSSR count). The number of nitrogens with zero attached hydrogens (tertiary/aromatic N) is 3. The maximum atomic E-state index is 13.7. The van der Waals surface area contributed by atoms with Crippen molar-refractivity contribution in [2.24, 2.45) is 5.92 Å². The molecule has 11 heteroatoms. The number of carbonyl (C=O) groups excluding carboxylic acids is 1. The molecule has 8 nitrogen and oxygen atoms in total. The number of likely N-dealkylation sites (tertiary alicyclic amines) is 1. The number of hydrogen-bond donors (Lipinski definition) is 0. The summed E-state index contributed by atoms with van der Waals surface area (Å²) in [5.74, 6) is -2.66. The first kappa shape index (κ1) is 21.7. The van der Waals surface area contributed by atoms with Crippen molar-refractivity contribution in [3.63, 3.8) is 0 Å². The molecule has 3 atom stereocenters. The van der Waals surface area contributed by atoms with E-state index in [2.05, 4.69) is 10.2 Å². The first-order valence-electron chi connectivity index (χ1n) is 9.80. The number of ether oxygens (including phenoxy) is 1. The number of fused-ring (bicyclic) bond motifs is 1. The van der Waals surface area contributed by atoms with Crippen molar-refractivity contribution in [3.05, 3.63) is 35.5 Å². The Hall–Kier alpha value is -2.56. The number of alkyl halides is 2. The number of benzene rings is 1. The highest BCUT2D eigenvalue weighted by Crippen LogP contribution is 2.58. The molecule has 1 aromatic carbocycles. The lowest BCUT2D eigenvalue weighted by atomic mass is 10.1. The van der Waals surface area contributed by atoms with E-state index in [1.165, 1.54) is 25.1 Å². The average molecular weight is 455 g/mol. The van der Waals surface area contributed by atoms with Crippen LogP contribution in [0.3, 0.4) is 0 Å². The summed E-state index contributed by atoms with van der Waals surface area (Å²) in [5, 5.41) is 7.96. The second-order valence-corrected chi connectivity index (χ2v) is 10.5. The molecule has 0 bridgehead atoms. The van der Waals surface area contributed by atoms with E-state index in [0.29, 0.717) is 31.8 Å². The van der Waals surface area contributed by atoms with Crippen molar-refractivity contribution in [2.75, 3.05) is 19.3 Å². The summed E-state index contributed by atoms with van der Waals surface area (Å²) in [6, 6.07) is 3.67. The predicted molar refractivity (Wildman–Crippen MR) is 105 cm³/mol. The molecule has 1 aromatic heterocycles. The molecule has 2 fully saturated rings. The summed E-state index contributed by atoms with van der Waals surface area (Å²) in [5.41, 5.74) is -0.479. The largest absolute Gasteiger partial charge is 0.484 e. The van der Waals surface area contributed by atoms with Gasteiger partial charge in [0.2, 0.25) is 11.8 Å². The Balaban J connectivity index is 1.65. The molecule has 1 aliphatic heterocycles. The third-order valence-electron chi connectivity index (χ3n) is 6.01. The lowest BCUT2D eigenvalue weighted by molar-refractivity contribution is -0.0720. The average Bonchev–Trinajstić information content (AvgIpc) is 2.99. The van der Waals surface area contributed by atoms with Crippen LogP contribution in [0, 0.1) is 12.8 Å². The lowest BCUT2D eigenvalue weighted by Gasteiger charge is -2.25. The van der Waals surface area contributed by atoms with Crippen molar-refractivity contribution in [2.45, 2.75) is 49.5 Å². The number of hydrogen-bond acceptors (Lipinski definition) is 7. The summed E-state index contributed by atoms with van der Waals surface area (Å²) in [7, 11) is -3.62. The Labute approximate surface area is 178 Å². The van der Waals surface area contributed by atoms with Gasteiger partial charge in [0.05, 0.1) is 15.9 Å². The predicted octanol–water partition coefficient (Wildman–Crippen LogP) is 2.62. The zero-order valence-corrected chi connectivity index (χ0v) is 18.4. The van der Waals surface area contributed by atoms with E-state index < -0.39 is 33.2 Å². The van der Waals surface area contributed by atoms with Crippen LogP contribution < -0.4 is 4.74 Å². The van der Waals surface area contributed by atoms with Gasteiger partial charge in [0.25, 0.3) is 11.8 Å². The van der Waals surface area contributed by atoms with Crippen LogP contribution in [0.4, 0.5) is 8.78 Å². The van der Waals surface area contributed by atoms with E-state index in [-0.39, 0.29) is 22.1 Å². The van der Waals surface area contributed by atoms with E-state index in [1.807, 2.05) is 0 Å². The van der Waals surface area contributed by atoms with E-state index >= 15 is 0 Å². The fourth-order valence-corrected chi connectivity index (χ4v) is 4.59. The highest BCUT2D eigenvalue weighted by atomic mass is 32.2. The molecule has 2 aromatic rings. The van der Waals surface area contributed by atoms with E-state index in [1.54, 1.807) is 11.8 Å². The number of aromatic nitrogens is 2. The minimum Gasteiger partial charge on any atom is -0.484 e. The molecule has 0 spiro atoms. The second-order valence-electron chi connectivity index (χ2n) is 8.52. The topological polar surface area (TPSA) is 103 Å². The maximum Gasteiger partial charge on any atom is 0.281 e. The summed E-state index contributed by atoms with van der Waals surface area (Å²) in [6.45, 7) is 4.33. The summed E-state index contributed by atoms with van der Waals surface area (Å²) >= 11 is 0. The minimum atomic E-state index is -3.62. The van der Waals surface area contributed by atoms with Gasteiger partial charge in [-0.3, -0.25) is 4.79 Å². The molecule has 2 aliphatic rings. The highest BCUT2D eigenvalue weighted by Gasteiger charge is 2.65. The standard InChI is InChI=1S/C20H23F2N3O5S/c1-11(19(3,21)22)29-16-6-5-14(31(4,27)28)7-15(16)17(26)25-9-13-8-20(13,10-25)18-24-23-12(2)30-18/h5-7,11,13H,8-10H2,1-4H3. The van der Waals surface area contributed by atoms with Gasteiger partial charge in [0.1, 0.15) is 5.75 Å². The zero-order valence-electron chi connectivity index (χ0n) is 17.6. The maximum absolute atomic E-state index is 13.7. The Bertz CT molecular complexity index is 1140. The smallest absolute Gasteiger partial charge is 0.281 e. The normalized spacial score (nSPS) is 24.1. The fourth-order valence-electron chi connectivity index (χ4n) is 3.94. The van der Waals surface area contributed by atoms with Crippen LogP contribution in [0.25, 0.3) is 0 Å². The van der Waals surface area contributed by atoms with Crippen molar-refractivity contribution in [1.29, 1.82) is 0 Å². The van der Waals surface area contributed by atoms with Crippen LogP contribution in [0.15, 0.2) is 27.5 Å². The van der Waals surface area contributed by atoms with Crippen LogP contribution in [-0.4, -0.2) is 60.8 Å². The molecule has 1 saturated carbocycles. The Kier molecular flexibility index (Phi) is 4.87. The van der Waals surface area contributed by atoms with Gasteiger partial charge < -0.3 is 14.1 Å². The molecular weight excluding hydrogens is 432 g/mol. The van der Waals surface area contributed by atoms with Crippen molar-refractivity contribution < 1.29 is 31.1 Å². The van der Waals surface area contributed by atoms with Gasteiger partial charge in [0, 0.05) is 33.2 Å². The quantitative estimate of drug-likeness (QED) is 0.660. The number of aryl methyl sites for hydroxylation is 1. The Morgan fingerprint density at radius 2 is 2.10 bits per heavy atom. The number of rotatable bonds is 6. The van der Waals surface area contributed by atoms with Crippen molar-refractivity contribution >= 4 is 15.7 Å². The third-order valence-corrected chi connectivity index (χ3v) is 7.12. The van der Waals surface area contributed by atoms with Crippen LogP contribution in [0.1, 0.15) is 42.4 Å². The van der Waals surface area contributed by atoms with Gasteiger partial charge in [-0.25, -0.2) is 17.2 Å². The number of halogens is 2. The molecule has 1 amide bonds. The van der Waals surface area contributed by atoms with E-state index in [0.717, 1.165) is 12.7 Å². The summed E-state index contributed by atoms with van der Waals surface area (Å²) < 4.78 is 62.3. The van der Waals surface area contributed by atoms with Gasteiger partial charge in [-0.2, -0.15) is 0 Å². The van der Waals surface area contributed by atoms with Crippen LogP contribution in [0.2, 0.25) is 0 Å². The molecule has 3 unspecified atom stereocenters. The minimum absolute atomic E-state index is 0.0721. The van der Waals surface area contributed by atoms with Gasteiger partial charge in [-0.1, -0.05) is 0 Å². The second kappa shape index (κ2) is 6.98. The SMILES string of the molecule is Cc1nnc(C23CC2CN(C(=O)c2cc(S(C)(=O)=O)ccc2OC(C)C(C)(F)F)C3)o1. The Morgan fingerprint density at radius 3 is 2.68 bits per heavy atom. The monoisotopic (exact) mass is 455 g/mol. The number of piperidine rings is 1. The number of sulfone groups is 1. The molecule has 0 radical (unpaired) electrons. The van der Waals surface area contributed by atoms with Gasteiger partial charge in [-0.05, 0) is 37.5 Å². The van der Waals surface area contributed by atoms with Crippen LogP contribution in [-0.2, 0) is 15.3 Å². The molecule has 1 saturated heterocycles. The third kappa shape index (κ3) is 3.90. The van der Waals surface area contributed by atoms with Gasteiger partial charge >= 0.3 is 0 Å². The molecule has 168 valence electrons. The van der Waals surface area contributed by atoms with Crippen molar-refractivity contribution in [1.82, 2.24) is 15.1 Å². The molecule has 1 aliphatic carbocycles. The zero-order chi connectivity index (χ0) is 22.8. The van der Waals surface area contributed by atoms with Crippen molar-refractivity contribution in [3.8, 4) is 5.75 Å². The van der Waals surface area contributed by atoms with Crippen LogP contribution in [0.5, 0.6) is 5.75 Å². The number of amides is 1. The van der Waals surface area contributed by atoms with E-state index in [9.17, 15) is 22.0 Å². The number of carbonyl (C=O) groups is 1. The lowest BCUT2D eigenvalue weighted by Crippen LogP contribution is -2.35. The molecule has 31 heavy (non-hydrogen) atoms. The highest BCUT2D eigenvalue weighted by molar-refractivity contribution is 7.90. The van der Waals surface area contributed by atoms with Crippen LogP contribution >= 0.6 is 0 Å². The van der Waals surface area contributed by atoms with E-state index in [4.69, 9.17) is 9.15 Å². The first-order valence-corrected chi connectivity index (χ1v) is 11.7. The molecular formula is C20H23F2N3O5S. The van der Waals surface area contributed by atoms with Gasteiger partial charge in [-0.15, -0.1) is 10.2 Å². The summed E-state index contributed by atoms with van der Waals surface area (Å²) in [4.78, 5) is 14.8. The summed E-state index contributed by atoms with van der Waals surface area (Å²) in [6.07, 6.45) is 0.310. The molecule has 2 heterocycles. The Morgan fingerprint density at radius 1 is 1.39 bits per heavy atom. The molecule has 0 N–H and O–H groups in total. The fraction of sp³-hybridized carbons (Fsp3) is 0.550.